The summed E-state index contributed by atoms with van der Waals surface area (Å²) in [5.74, 6) is 0. The van der Waals surface area contributed by atoms with Gasteiger partial charge in [0.1, 0.15) is 0 Å². The molecule has 0 saturated carbocycles. The molecule has 0 rings (SSSR count). The SMILES string of the molecule is CC(C)(CO)P=O. The fourth-order valence-corrected chi connectivity index (χ4v) is 0.0866. The van der Waals surface area contributed by atoms with Gasteiger partial charge in [0.05, 0.1) is 11.8 Å². The van der Waals surface area contributed by atoms with Crippen molar-refractivity contribution in [2.75, 3.05) is 6.61 Å². The van der Waals surface area contributed by atoms with Crippen LogP contribution < -0.4 is 0 Å². The Labute approximate surface area is 44.7 Å². The molecule has 0 fully saturated rings. The zero-order chi connectivity index (χ0) is 5.91. The minimum absolute atomic E-state index is 0.00579. The van der Waals surface area contributed by atoms with E-state index in [4.69, 9.17) is 5.11 Å². The maximum atomic E-state index is 9.99. The van der Waals surface area contributed by atoms with Crippen LogP contribution in [0.15, 0.2) is 0 Å². The van der Waals surface area contributed by atoms with Gasteiger partial charge in [-0.15, -0.1) is 0 Å². The van der Waals surface area contributed by atoms with E-state index in [0.29, 0.717) is 0 Å². The maximum Gasteiger partial charge on any atom is 0.163 e. The highest BCUT2D eigenvalue weighted by Gasteiger charge is 2.14. The molecular formula is C4H9O2P. The van der Waals surface area contributed by atoms with Crippen LogP contribution in [0.3, 0.4) is 0 Å². The molecule has 1 N–H and O–H groups in total. The van der Waals surface area contributed by atoms with E-state index in [-0.39, 0.29) is 15.1 Å². The van der Waals surface area contributed by atoms with Crippen molar-refractivity contribution in [3.05, 3.63) is 0 Å². The minimum Gasteiger partial charge on any atom is -0.395 e. The molecule has 0 aromatic carbocycles. The summed E-state index contributed by atoms with van der Waals surface area (Å²) in [5, 5.41) is 7.94. The third kappa shape index (κ3) is 2.72. The van der Waals surface area contributed by atoms with E-state index in [0.717, 1.165) is 0 Å². The minimum atomic E-state index is -0.444. The monoisotopic (exact) mass is 120 g/mol. The van der Waals surface area contributed by atoms with E-state index in [9.17, 15) is 4.57 Å². The molecule has 0 aliphatic rings. The molecule has 0 amide bonds. The van der Waals surface area contributed by atoms with E-state index in [1.165, 1.54) is 0 Å². The van der Waals surface area contributed by atoms with Crippen LogP contribution in [0.1, 0.15) is 13.8 Å². The van der Waals surface area contributed by atoms with Gasteiger partial charge in [0.2, 0.25) is 0 Å². The van der Waals surface area contributed by atoms with E-state index in [2.05, 4.69) is 0 Å². The number of rotatable bonds is 2. The third-order valence-electron chi connectivity index (χ3n) is 0.634. The lowest BCUT2D eigenvalue weighted by Gasteiger charge is -2.07. The smallest absolute Gasteiger partial charge is 0.163 e. The summed E-state index contributed by atoms with van der Waals surface area (Å²) in [5.41, 5.74) is 0. The molecule has 0 radical (unpaired) electrons. The Morgan fingerprint density at radius 2 is 2.14 bits per heavy atom. The van der Waals surface area contributed by atoms with Crippen molar-refractivity contribution in [3.8, 4) is 0 Å². The zero-order valence-corrected chi connectivity index (χ0v) is 5.40. The van der Waals surface area contributed by atoms with Crippen LogP contribution in [0.5, 0.6) is 0 Å². The summed E-state index contributed by atoms with van der Waals surface area (Å²) >= 11 is 0. The van der Waals surface area contributed by atoms with Crippen molar-refractivity contribution < 1.29 is 9.67 Å². The molecule has 2 nitrogen and oxygen atoms in total. The second-order valence-electron chi connectivity index (χ2n) is 2.06. The van der Waals surface area contributed by atoms with Gasteiger partial charge in [0, 0.05) is 0 Å². The van der Waals surface area contributed by atoms with Crippen LogP contribution in [0.4, 0.5) is 0 Å². The summed E-state index contributed by atoms with van der Waals surface area (Å²) in [6.07, 6.45) is 0. The first-order chi connectivity index (χ1) is 3.12. The molecule has 0 atom stereocenters. The van der Waals surface area contributed by atoms with E-state index in [1.54, 1.807) is 13.8 Å². The van der Waals surface area contributed by atoms with E-state index < -0.39 is 5.16 Å². The number of aliphatic hydroxyl groups excluding tert-OH is 1. The van der Waals surface area contributed by atoms with Crippen molar-refractivity contribution in [2.24, 2.45) is 0 Å². The Balaban J connectivity index is 3.58. The Morgan fingerprint density at radius 1 is 1.71 bits per heavy atom. The van der Waals surface area contributed by atoms with Crippen LogP contribution in [0.25, 0.3) is 0 Å². The first kappa shape index (κ1) is 7.06. The van der Waals surface area contributed by atoms with Crippen LogP contribution in [0.2, 0.25) is 0 Å². The quantitative estimate of drug-likeness (QED) is 0.553. The van der Waals surface area contributed by atoms with E-state index >= 15 is 0 Å². The van der Waals surface area contributed by atoms with Gasteiger partial charge < -0.3 is 5.11 Å². The van der Waals surface area contributed by atoms with Crippen molar-refractivity contribution in [3.63, 3.8) is 0 Å². The first-order valence-corrected chi connectivity index (χ1v) is 2.89. The highest BCUT2D eigenvalue weighted by atomic mass is 31.1. The molecule has 0 aromatic rings. The molecule has 0 aliphatic carbocycles. The van der Waals surface area contributed by atoms with Gasteiger partial charge in [-0.05, 0) is 13.8 Å². The molecule has 0 saturated heterocycles. The van der Waals surface area contributed by atoms with Crippen molar-refractivity contribution >= 4 is 8.46 Å². The van der Waals surface area contributed by atoms with Gasteiger partial charge in [-0.1, -0.05) is 0 Å². The van der Waals surface area contributed by atoms with Gasteiger partial charge in [-0.3, -0.25) is 4.57 Å². The Hall–Kier alpha value is 0.0600. The van der Waals surface area contributed by atoms with Crippen molar-refractivity contribution in [2.45, 2.75) is 19.0 Å². The summed E-state index contributed by atoms with van der Waals surface area (Å²) in [4.78, 5) is 0. The Morgan fingerprint density at radius 3 is 2.14 bits per heavy atom. The molecule has 42 valence electrons. The zero-order valence-electron chi connectivity index (χ0n) is 4.51. The van der Waals surface area contributed by atoms with Gasteiger partial charge in [0.25, 0.3) is 0 Å². The molecular weight excluding hydrogens is 111 g/mol. The van der Waals surface area contributed by atoms with Gasteiger partial charge in [0.15, 0.2) is 8.46 Å². The second-order valence-corrected chi connectivity index (χ2v) is 3.46. The molecule has 3 heteroatoms. The molecule has 0 unspecified atom stereocenters. The molecule has 7 heavy (non-hydrogen) atoms. The summed E-state index contributed by atoms with van der Waals surface area (Å²) in [6, 6.07) is 0. The van der Waals surface area contributed by atoms with Gasteiger partial charge in [-0.2, -0.15) is 0 Å². The highest BCUT2D eigenvalue weighted by molar-refractivity contribution is 7.25. The third-order valence-corrected chi connectivity index (χ3v) is 1.27. The number of hydrogen-bond acceptors (Lipinski definition) is 2. The van der Waals surface area contributed by atoms with Gasteiger partial charge >= 0.3 is 0 Å². The maximum absolute atomic E-state index is 9.99. The van der Waals surface area contributed by atoms with Crippen LogP contribution in [0, 0.1) is 0 Å². The summed E-state index contributed by atoms with van der Waals surface area (Å²) in [7, 11) is 0.00579. The summed E-state index contributed by atoms with van der Waals surface area (Å²) < 4.78 is 9.99. The second kappa shape index (κ2) is 2.39. The van der Waals surface area contributed by atoms with Crippen molar-refractivity contribution in [1.82, 2.24) is 0 Å². The lowest BCUT2D eigenvalue weighted by molar-refractivity contribution is 0.261. The molecule has 0 heterocycles. The predicted octanol–water partition coefficient (Wildman–Crippen LogP) is 1.05. The Bertz CT molecular complexity index is 70.1. The molecule has 0 aromatic heterocycles. The number of hydrogen-bond donors (Lipinski definition) is 1. The van der Waals surface area contributed by atoms with Crippen molar-refractivity contribution in [1.29, 1.82) is 0 Å². The molecule has 0 spiro atoms. The number of aliphatic hydroxyl groups is 1. The van der Waals surface area contributed by atoms with Gasteiger partial charge in [-0.25, -0.2) is 0 Å². The normalized spacial score (nSPS) is 12.4. The first-order valence-electron chi connectivity index (χ1n) is 2.08. The predicted molar refractivity (Wildman–Crippen MR) is 28.8 cm³/mol. The lowest BCUT2D eigenvalue weighted by Crippen LogP contribution is -2.15. The van der Waals surface area contributed by atoms with Crippen LogP contribution in [-0.2, 0) is 4.57 Å². The lowest BCUT2D eigenvalue weighted by atomic mass is 10.2. The molecule has 0 bridgehead atoms. The highest BCUT2D eigenvalue weighted by Crippen LogP contribution is 2.19. The largest absolute Gasteiger partial charge is 0.395 e. The average Bonchev–Trinajstić information content (AvgIpc) is 1.68. The topological polar surface area (TPSA) is 37.3 Å². The Kier molecular flexibility index (Phi) is 2.41. The standard InChI is InChI=1S/C4H9O2P/c1-4(2,3-5)7-6/h5H,3H2,1-2H3. The van der Waals surface area contributed by atoms with Crippen LogP contribution in [-0.4, -0.2) is 16.9 Å². The molecule has 0 aliphatic heterocycles. The summed E-state index contributed by atoms with van der Waals surface area (Å²) in [6.45, 7) is 3.42. The fraction of sp³-hybridized carbons (Fsp3) is 1.00. The average molecular weight is 120 g/mol. The van der Waals surface area contributed by atoms with E-state index in [1.807, 2.05) is 0 Å². The fourth-order valence-electron chi connectivity index (χ4n) is 0.0289. The van der Waals surface area contributed by atoms with Crippen LogP contribution >= 0.6 is 8.46 Å².